The van der Waals surface area contributed by atoms with Crippen LogP contribution in [0.5, 0.6) is 11.5 Å². The second-order valence-corrected chi connectivity index (χ2v) is 6.87. The number of carbonyl (C=O) groups is 1. The molecule has 0 spiro atoms. The van der Waals surface area contributed by atoms with Crippen LogP contribution in [0.1, 0.15) is 16.8 Å². The summed E-state index contributed by atoms with van der Waals surface area (Å²) in [5.41, 5.74) is 3.53. The summed E-state index contributed by atoms with van der Waals surface area (Å²) in [6, 6.07) is 12.8. The van der Waals surface area contributed by atoms with Gasteiger partial charge in [0.1, 0.15) is 6.61 Å². The summed E-state index contributed by atoms with van der Waals surface area (Å²) in [6.45, 7) is 2.13. The minimum absolute atomic E-state index is 0.0424. The largest absolute Gasteiger partial charge is 0.504 e. The number of phenolic OH excluding ortho intramolecular Hbond substituents is 1. The summed E-state index contributed by atoms with van der Waals surface area (Å²) in [7, 11) is 1.46. The van der Waals surface area contributed by atoms with E-state index < -0.39 is 5.97 Å². The lowest BCUT2D eigenvalue weighted by Crippen LogP contribution is -2.01. The predicted molar refractivity (Wildman–Crippen MR) is 110 cm³/mol. The number of aryl methyl sites for hydroxylation is 1. The van der Waals surface area contributed by atoms with Crippen LogP contribution in [0.15, 0.2) is 53.9 Å². The Morgan fingerprint density at radius 1 is 1.25 bits per heavy atom. The van der Waals surface area contributed by atoms with E-state index in [0.717, 1.165) is 10.8 Å². The van der Waals surface area contributed by atoms with Gasteiger partial charge < -0.3 is 19.9 Å². The Morgan fingerprint density at radius 3 is 2.79 bits per heavy atom. The van der Waals surface area contributed by atoms with E-state index in [1.807, 2.05) is 36.6 Å². The number of esters is 1. The molecule has 3 rings (SSSR count). The van der Waals surface area contributed by atoms with Crippen LogP contribution >= 0.6 is 11.3 Å². The monoisotopic (exact) mass is 396 g/mol. The van der Waals surface area contributed by atoms with Crippen molar-refractivity contribution in [2.75, 3.05) is 12.4 Å². The van der Waals surface area contributed by atoms with Gasteiger partial charge in [0.05, 0.1) is 12.8 Å². The molecule has 28 heavy (non-hydrogen) atoms. The molecule has 0 aliphatic heterocycles. The molecule has 144 valence electrons. The molecule has 2 aromatic carbocycles. The number of nitrogens with zero attached hydrogens (tertiary/aromatic N) is 1. The smallest absolute Gasteiger partial charge is 0.331 e. The number of aromatic hydroxyl groups is 1. The summed E-state index contributed by atoms with van der Waals surface area (Å²) >= 11 is 1.45. The summed E-state index contributed by atoms with van der Waals surface area (Å²) in [6.07, 6.45) is 2.92. The van der Waals surface area contributed by atoms with Crippen LogP contribution in [0.2, 0.25) is 0 Å². The number of anilines is 2. The molecule has 0 radical (unpaired) electrons. The Kier molecular flexibility index (Phi) is 6.29. The van der Waals surface area contributed by atoms with Crippen molar-refractivity contribution < 1.29 is 19.4 Å². The maximum Gasteiger partial charge on any atom is 0.331 e. The van der Waals surface area contributed by atoms with Crippen LogP contribution in [-0.4, -0.2) is 23.2 Å². The molecule has 0 bridgehead atoms. The van der Waals surface area contributed by atoms with Gasteiger partial charge in [-0.25, -0.2) is 9.78 Å². The molecule has 0 amide bonds. The van der Waals surface area contributed by atoms with Crippen molar-refractivity contribution in [1.82, 2.24) is 4.98 Å². The second-order valence-electron chi connectivity index (χ2n) is 6.01. The summed E-state index contributed by atoms with van der Waals surface area (Å²) in [4.78, 5) is 16.3. The third kappa shape index (κ3) is 5.34. The topological polar surface area (TPSA) is 80.7 Å². The van der Waals surface area contributed by atoms with Gasteiger partial charge in [-0.1, -0.05) is 23.8 Å². The molecule has 2 N–H and O–H groups in total. The average Bonchev–Trinajstić information content (AvgIpc) is 3.15. The lowest BCUT2D eigenvalue weighted by molar-refractivity contribution is -0.139. The number of thiazole rings is 1. The third-order valence-corrected chi connectivity index (χ3v) is 4.64. The third-order valence-electron chi connectivity index (χ3n) is 3.83. The normalized spacial score (nSPS) is 10.8. The highest BCUT2D eigenvalue weighted by atomic mass is 32.1. The Bertz CT molecular complexity index is 980. The molecule has 1 heterocycles. The quantitative estimate of drug-likeness (QED) is 0.446. The van der Waals surface area contributed by atoms with Crippen LogP contribution in [0, 0.1) is 6.92 Å². The van der Waals surface area contributed by atoms with Crippen molar-refractivity contribution in [3.8, 4) is 11.5 Å². The molecule has 0 aliphatic carbocycles. The van der Waals surface area contributed by atoms with Gasteiger partial charge in [-0.2, -0.15) is 0 Å². The molecule has 0 aliphatic rings. The lowest BCUT2D eigenvalue weighted by Gasteiger charge is -2.04. The first-order valence-corrected chi connectivity index (χ1v) is 9.41. The zero-order valence-electron chi connectivity index (χ0n) is 15.5. The van der Waals surface area contributed by atoms with Gasteiger partial charge in [-0.3, -0.25) is 0 Å². The predicted octanol–water partition coefficient (Wildman–Crippen LogP) is 4.67. The first kappa shape index (κ1) is 19.4. The standard InChI is InChI=1S/C21H20N2O4S/c1-14-3-7-16(8-4-14)22-21-23-17(13-28-21)12-27-20(25)10-6-15-5-9-18(24)19(11-15)26-2/h3-11,13,24H,12H2,1-2H3,(H,22,23). The van der Waals surface area contributed by atoms with Crippen LogP contribution in [-0.2, 0) is 16.1 Å². The van der Waals surface area contributed by atoms with Crippen molar-refractivity contribution in [3.63, 3.8) is 0 Å². The number of ether oxygens (including phenoxy) is 2. The number of hydrogen-bond acceptors (Lipinski definition) is 7. The first-order chi connectivity index (χ1) is 13.5. The maximum atomic E-state index is 11.9. The van der Waals surface area contributed by atoms with E-state index in [0.29, 0.717) is 17.0 Å². The highest BCUT2D eigenvalue weighted by Gasteiger charge is 2.06. The van der Waals surface area contributed by atoms with Gasteiger partial charge in [0, 0.05) is 17.1 Å². The maximum absolute atomic E-state index is 11.9. The number of nitrogens with one attached hydrogen (secondary N) is 1. The fourth-order valence-corrected chi connectivity index (χ4v) is 3.06. The molecule has 1 aromatic heterocycles. The zero-order valence-corrected chi connectivity index (χ0v) is 16.3. The van der Waals surface area contributed by atoms with E-state index in [1.54, 1.807) is 18.2 Å². The number of aromatic nitrogens is 1. The van der Waals surface area contributed by atoms with E-state index >= 15 is 0 Å². The van der Waals surface area contributed by atoms with Gasteiger partial charge in [-0.15, -0.1) is 11.3 Å². The lowest BCUT2D eigenvalue weighted by atomic mass is 10.2. The van der Waals surface area contributed by atoms with Crippen LogP contribution < -0.4 is 10.1 Å². The number of benzene rings is 2. The van der Waals surface area contributed by atoms with E-state index in [2.05, 4.69) is 10.3 Å². The number of carbonyl (C=O) groups excluding carboxylic acids is 1. The molecule has 0 saturated heterocycles. The van der Waals surface area contributed by atoms with E-state index in [-0.39, 0.29) is 12.4 Å². The van der Waals surface area contributed by atoms with E-state index in [9.17, 15) is 9.90 Å². The van der Waals surface area contributed by atoms with Crippen molar-refractivity contribution >= 4 is 34.2 Å². The molecule has 6 nitrogen and oxygen atoms in total. The first-order valence-electron chi connectivity index (χ1n) is 8.53. The SMILES string of the molecule is COc1cc(C=CC(=O)OCc2csc(Nc3ccc(C)cc3)n2)ccc1O. The Balaban J connectivity index is 1.52. The number of phenols is 1. The van der Waals surface area contributed by atoms with E-state index in [1.165, 1.54) is 36.2 Å². The van der Waals surface area contributed by atoms with Gasteiger partial charge in [0.2, 0.25) is 0 Å². The number of methoxy groups -OCH3 is 1. The number of rotatable bonds is 7. The van der Waals surface area contributed by atoms with Crippen LogP contribution in [0.4, 0.5) is 10.8 Å². The average molecular weight is 396 g/mol. The molecule has 0 saturated carbocycles. The molecule has 0 atom stereocenters. The molecule has 0 unspecified atom stereocenters. The minimum Gasteiger partial charge on any atom is -0.504 e. The van der Waals surface area contributed by atoms with Gasteiger partial charge in [-0.05, 0) is 42.8 Å². The van der Waals surface area contributed by atoms with Gasteiger partial charge in [0.25, 0.3) is 0 Å². The van der Waals surface area contributed by atoms with Gasteiger partial charge in [0.15, 0.2) is 16.6 Å². The summed E-state index contributed by atoms with van der Waals surface area (Å²) in [5.74, 6) is -0.0968. The fraction of sp³-hybridized carbons (Fsp3) is 0.143. The van der Waals surface area contributed by atoms with Crippen molar-refractivity contribution in [3.05, 3.63) is 70.7 Å². The fourth-order valence-electron chi connectivity index (χ4n) is 2.35. The van der Waals surface area contributed by atoms with Crippen LogP contribution in [0.25, 0.3) is 6.08 Å². The molecular weight excluding hydrogens is 376 g/mol. The molecular formula is C21H20N2O4S. The summed E-state index contributed by atoms with van der Waals surface area (Å²) in [5, 5.41) is 15.4. The highest BCUT2D eigenvalue weighted by molar-refractivity contribution is 7.13. The Hall–Kier alpha value is -3.32. The summed E-state index contributed by atoms with van der Waals surface area (Å²) < 4.78 is 10.3. The van der Waals surface area contributed by atoms with Crippen molar-refractivity contribution in [2.45, 2.75) is 13.5 Å². The Morgan fingerprint density at radius 2 is 2.04 bits per heavy atom. The van der Waals surface area contributed by atoms with Crippen molar-refractivity contribution in [2.24, 2.45) is 0 Å². The molecule has 3 aromatic rings. The molecule has 0 fully saturated rings. The highest BCUT2D eigenvalue weighted by Crippen LogP contribution is 2.26. The minimum atomic E-state index is -0.479. The van der Waals surface area contributed by atoms with Gasteiger partial charge >= 0.3 is 5.97 Å². The number of hydrogen-bond donors (Lipinski definition) is 2. The second kappa shape index (κ2) is 9.05. The Labute approximate surface area is 167 Å². The van der Waals surface area contributed by atoms with E-state index in [4.69, 9.17) is 9.47 Å². The molecule has 7 heteroatoms. The zero-order chi connectivity index (χ0) is 19.9. The van der Waals surface area contributed by atoms with Crippen LogP contribution in [0.3, 0.4) is 0 Å². The van der Waals surface area contributed by atoms with Crippen molar-refractivity contribution in [1.29, 1.82) is 0 Å².